The number of carbonyl (C=O) groups excluding carboxylic acids is 1. The summed E-state index contributed by atoms with van der Waals surface area (Å²) in [7, 11) is 4.04. The number of fused-ring (bicyclic) bond motifs is 1. The van der Waals surface area contributed by atoms with Gasteiger partial charge in [0.25, 0.3) is 0 Å². The molecule has 1 aliphatic heterocycles. The van der Waals surface area contributed by atoms with E-state index in [0.29, 0.717) is 6.54 Å². The van der Waals surface area contributed by atoms with Crippen molar-refractivity contribution in [2.24, 2.45) is 0 Å². The average molecular weight is 395 g/mol. The second-order valence-electron chi connectivity index (χ2n) is 8.81. The molecular formula is C24H34N4O. The van der Waals surface area contributed by atoms with Crippen molar-refractivity contribution < 1.29 is 4.79 Å². The van der Waals surface area contributed by atoms with Crippen LogP contribution in [0.4, 0.5) is 4.79 Å². The van der Waals surface area contributed by atoms with Gasteiger partial charge in [-0.3, -0.25) is 4.90 Å². The summed E-state index contributed by atoms with van der Waals surface area (Å²) >= 11 is 0. The molecule has 0 saturated heterocycles. The molecule has 3 rings (SSSR count). The molecule has 0 fully saturated rings. The molecular weight excluding hydrogens is 360 g/mol. The first kappa shape index (κ1) is 21.3. The number of benzene rings is 2. The molecule has 0 aromatic heterocycles. The third-order valence-electron chi connectivity index (χ3n) is 5.72. The van der Waals surface area contributed by atoms with Crippen molar-refractivity contribution in [3.63, 3.8) is 0 Å². The molecule has 1 atom stereocenters. The number of hydrogen-bond acceptors (Lipinski definition) is 3. The third-order valence-corrected chi connectivity index (χ3v) is 5.72. The van der Waals surface area contributed by atoms with E-state index in [0.717, 1.165) is 31.6 Å². The quantitative estimate of drug-likeness (QED) is 0.756. The van der Waals surface area contributed by atoms with Crippen molar-refractivity contribution in [1.82, 2.24) is 20.4 Å². The van der Waals surface area contributed by atoms with Crippen molar-refractivity contribution >= 4 is 6.03 Å². The number of urea groups is 1. The van der Waals surface area contributed by atoms with Crippen LogP contribution in [0.2, 0.25) is 0 Å². The van der Waals surface area contributed by atoms with Crippen LogP contribution in [-0.2, 0) is 13.0 Å². The van der Waals surface area contributed by atoms with Gasteiger partial charge in [-0.05, 0) is 51.1 Å². The number of nitrogens with one attached hydrogen (secondary N) is 2. The zero-order valence-corrected chi connectivity index (χ0v) is 18.1. The zero-order chi connectivity index (χ0) is 20.9. The molecule has 0 saturated carbocycles. The van der Waals surface area contributed by atoms with Gasteiger partial charge in [-0.2, -0.15) is 0 Å². The van der Waals surface area contributed by atoms with E-state index in [-0.39, 0.29) is 17.6 Å². The number of hydrogen-bond donors (Lipinski definition) is 2. The Hall–Kier alpha value is -2.37. The lowest BCUT2D eigenvalue weighted by atomic mass is 9.94. The summed E-state index contributed by atoms with van der Waals surface area (Å²) in [4.78, 5) is 17.2. The van der Waals surface area contributed by atoms with E-state index in [4.69, 9.17) is 0 Å². The Kier molecular flexibility index (Phi) is 6.93. The minimum Gasteiger partial charge on any atom is -0.336 e. The summed E-state index contributed by atoms with van der Waals surface area (Å²) in [5.74, 6) is 0. The Morgan fingerprint density at radius 1 is 1.07 bits per heavy atom. The van der Waals surface area contributed by atoms with E-state index in [1.165, 1.54) is 11.1 Å². The molecule has 5 nitrogen and oxygen atoms in total. The van der Waals surface area contributed by atoms with Crippen molar-refractivity contribution in [2.45, 2.75) is 38.4 Å². The molecule has 0 bridgehead atoms. The monoisotopic (exact) mass is 394 g/mol. The molecule has 156 valence electrons. The Labute approximate surface area is 175 Å². The predicted octanol–water partition coefficient (Wildman–Crippen LogP) is 3.43. The zero-order valence-electron chi connectivity index (χ0n) is 18.1. The molecule has 1 unspecified atom stereocenters. The van der Waals surface area contributed by atoms with E-state index < -0.39 is 0 Å². The van der Waals surface area contributed by atoms with E-state index in [9.17, 15) is 4.79 Å². The van der Waals surface area contributed by atoms with Crippen LogP contribution < -0.4 is 10.6 Å². The highest BCUT2D eigenvalue weighted by molar-refractivity contribution is 5.74. The normalized spacial score (nSPS) is 15.6. The highest BCUT2D eigenvalue weighted by Crippen LogP contribution is 2.25. The van der Waals surface area contributed by atoms with Gasteiger partial charge in [-0.15, -0.1) is 0 Å². The summed E-state index contributed by atoms with van der Waals surface area (Å²) < 4.78 is 0. The summed E-state index contributed by atoms with van der Waals surface area (Å²) in [5, 5.41) is 6.25. The van der Waals surface area contributed by atoms with Crippen LogP contribution in [0, 0.1) is 0 Å². The SMILES string of the molecule is CN(C)CC(NC(=O)NCC(C)(C)N1CCc2ccccc2C1)c1ccccc1. The largest absolute Gasteiger partial charge is 0.336 e. The fourth-order valence-corrected chi connectivity index (χ4v) is 3.91. The van der Waals surface area contributed by atoms with Crippen molar-refractivity contribution in [1.29, 1.82) is 0 Å². The van der Waals surface area contributed by atoms with E-state index in [1.54, 1.807) is 0 Å². The van der Waals surface area contributed by atoms with Gasteiger partial charge in [-0.1, -0.05) is 54.6 Å². The van der Waals surface area contributed by atoms with Crippen LogP contribution in [0.25, 0.3) is 0 Å². The number of likely N-dealkylation sites (N-methyl/N-ethyl adjacent to an activating group) is 1. The fourth-order valence-electron chi connectivity index (χ4n) is 3.91. The highest BCUT2D eigenvalue weighted by Gasteiger charge is 2.30. The summed E-state index contributed by atoms with van der Waals surface area (Å²) in [6, 6.07) is 18.6. The minimum atomic E-state index is -0.119. The van der Waals surface area contributed by atoms with E-state index in [2.05, 4.69) is 70.7 Å². The number of rotatable bonds is 7. The first-order chi connectivity index (χ1) is 13.8. The van der Waals surface area contributed by atoms with Gasteiger partial charge >= 0.3 is 6.03 Å². The van der Waals surface area contributed by atoms with Crippen LogP contribution in [0.3, 0.4) is 0 Å². The summed E-state index contributed by atoms with van der Waals surface area (Å²) in [6.45, 7) is 7.71. The first-order valence-electron chi connectivity index (χ1n) is 10.4. The number of carbonyl (C=O) groups is 1. The second kappa shape index (κ2) is 9.42. The molecule has 0 radical (unpaired) electrons. The lowest BCUT2D eigenvalue weighted by molar-refractivity contribution is 0.104. The van der Waals surface area contributed by atoms with Gasteiger partial charge in [0.2, 0.25) is 0 Å². The van der Waals surface area contributed by atoms with Crippen LogP contribution in [0.1, 0.15) is 36.6 Å². The summed E-state index contributed by atoms with van der Waals surface area (Å²) in [5.41, 5.74) is 3.84. The Morgan fingerprint density at radius 2 is 1.72 bits per heavy atom. The van der Waals surface area contributed by atoms with Gasteiger partial charge in [0.15, 0.2) is 0 Å². The van der Waals surface area contributed by atoms with E-state index in [1.807, 2.05) is 32.3 Å². The minimum absolute atomic E-state index is 0.0452. The molecule has 5 heteroatoms. The molecule has 2 N–H and O–H groups in total. The van der Waals surface area contributed by atoms with Crippen LogP contribution >= 0.6 is 0 Å². The fraction of sp³-hybridized carbons (Fsp3) is 0.458. The van der Waals surface area contributed by atoms with Gasteiger partial charge in [0.05, 0.1) is 6.04 Å². The smallest absolute Gasteiger partial charge is 0.315 e. The molecule has 1 aliphatic rings. The van der Waals surface area contributed by atoms with Crippen LogP contribution in [0.15, 0.2) is 54.6 Å². The highest BCUT2D eigenvalue weighted by atomic mass is 16.2. The summed E-state index contributed by atoms with van der Waals surface area (Å²) in [6.07, 6.45) is 1.06. The Balaban J connectivity index is 1.57. The maximum absolute atomic E-state index is 12.7. The third kappa shape index (κ3) is 5.81. The molecule has 29 heavy (non-hydrogen) atoms. The second-order valence-corrected chi connectivity index (χ2v) is 8.81. The van der Waals surface area contributed by atoms with Crippen molar-refractivity contribution in [2.75, 3.05) is 33.7 Å². The maximum atomic E-state index is 12.7. The van der Waals surface area contributed by atoms with Gasteiger partial charge in [-0.25, -0.2) is 4.79 Å². The van der Waals surface area contributed by atoms with Crippen molar-refractivity contribution in [3.05, 3.63) is 71.3 Å². The Bertz CT molecular complexity index is 804. The predicted molar refractivity (Wildman–Crippen MR) is 119 cm³/mol. The maximum Gasteiger partial charge on any atom is 0.315 e. The average Bonchev–Trinajstić information content (AvgIpc) is 2.72. The molecule has 2 amide bonds. The molecule has 1 heterocycles. The first-order valence-corrected chi connectivity index (χ1v) is 10.4. The molecule has 0 aliphatic carbocycles. The van der Waals surface area contributed by atoms with Crippen LogP contribution in [-0.4, -0.2) is 55.1 Å². The molecule has 2 aromatic carbocycles. The van der Waals surface area contributed by atoms with Crippen molar-refractivity contribution in [3.8, 4) is 0 Å². The lowest BCUT2D eigenvalue weighted by Gasteiger charge is -2.41. The lowest BCUT2D eigenvalue weighted by Crippen LogP contribution is -2.54. The standard InChI is InChI=1S/C24H34N4O/c1-24(2,28-15-14-19-10-8-9-13-21(19)16-28)18-25-23(29)26-22(17-27(3)4)20-11-6-5-7-12-20/h5-13,22H,14-18H2,1-4H3,(H2,25,26,29). The van der Waals surface area contributed by atoms with Gasteiger partial charge < -0.3 is 15.5 Å². The topological polar surface area (TPSA) is 47.6 Å². The van der Waals surface area contributed by atoms with E-state index >= 15 is 0 Å². The van der Waals surface area contributed by atoms with Gasteiger partial charge in [0.1, 0.15) is 0 Å². The Morgan fingerprint density at radius 3 is 2.41 bits per heavy atom. The molecule has 0 spiro atoms. The van der Waals surface area contributed by atoms with Gasteiger partial charge in [0, 0.05) is 31.7 Å². The number of nitrogens with zero attached hydrogens (tertiary/aromatic N) is 2. The van der Waals surface area contributed by atoms with Crippen LogP contribution in [0.5, 0.6) is 0 Å². The number of amides is 2. The molecule has 2 aromatic rings.